The monoisotopic (exact) mass is 387 g/mol. The largest absolute Gasteiger partial charge is 0.496 e. The van der Waals surface area contributed by atoms with Gasteiger partial charge in [0.15, 0.2) is 6.29 Å². The van der Waals surface area contributed by atoms with E-state index in [9.17, 15) is 9.59 Å². The summed E-state index contributed by atoms with van der Waals surface area (Å²) in [7, 11) is 1.52. The summed E-state index contributed by atoms with van der Waals surface area (Å²) >= 11 is 0. The fraction of sp³-hybridized carbons (Fsp3) is 0.571. The number of aromatic amines is 1. The Labute approximate surface area is 165 Å². The van der Waals surface area contributed by atoms with E-state index in [1.165, 1.54) is 13.5 Å². The second kappa shape index (κ2) is 8.20. The number of methoxy groups -OCH3 is 1. The minimum Gasteiger partial charge on any atom is -0.496 e. The topological polar surface area (TPSA) is 93.3 Å². The third-order valence-electron chi connectivity index (χ3n) is 5.07. The van der Waals surface area contributed by atoms with Gasteiger partial charge in [0.05, 0.1) is 29.7 Å². The smallest absolute Gasteiger partial charge is 0.408 e. The van der Waals surface area contributed by atoms with Crippen molar-refractivity contribution in [2.75, 3.05) is 7.11 Å². The molecule has 0 saturated heterocycles. The Morgan fingerprint density at radius 2 is 2.00 bits per heavy atom. The van der Waals surface area contributed by atoms with Crippen LogP contribution in [0.4, 0.5) is 4.79 Å². The SMILES string of the molecule is COc1cc2nc(C(NC(=O)OC(C)(C)C)C3CCCCC3)[nH]c2cc1C=O. The van der Waals surface area contributed by atoms with Crippen LogP contribution in [-0.4, -0.2) is 35.1 Å². The lowest BCUT2D eigenvalue weighted by Gasteiger charge is -2.30. The average molecular weight is 387 g/mol. The standard InChI is InChI=1S/C21H29N3O4/c1-21(2,3)28-20(26)24-18(13-8-6-5-7-9-13)19-22-15-10-14(12-25)17(27-4)11-16(15)23-19/h10-13,18H,5-9H2,1-4H3,(H,22,23)(H,24,26). The molecule has 0 bridgehead atoms. The van der Waals surface area contributed by atoms with Crippen LogP contribution in [0.25, 0.3) is 11.0 Å². The average Bonchev–Trinajstić information content (AvgIpc) is 3.06. The Kier molecular flexibility index (Phi) is 5.91. The number of H-pyrrole nitrogens is 1. The van der Waals surface area contributed by atoms with E-state index in [4.69, 9.17) is 14.5 Å². The highest BCUT2D eigenvalue weighted by molar-refractivity contribution is 5.89. The molecule has 28 heavy (non-hydrogen) atoms. The number of amides is 1. The van der Waals surface area contributed by atoms with Crippen molar-refractivity contribution < 1.29 is 19.1 Å². The molecule has 1 aliphatic rings. The first-order valence-corrected chi connectivity index (χ1v) is 9.83. The van der Waals surface area contributed by atoms with E-state index < -0.39 is 11.7 Å². The maximum Gasteiger partial charge on any atom is 0.408 e. The Balaban J connectivity index is 1.94. The van der Waals surface area contributed by atoms with E-state index >= 15 is 0 Å². The van der Waals surface area contributed by atoms with Crippen LogP contribution in [0.15, 0.2) is 12.1 Å². The normalized spacial score (nSPS) is 16.6. The van der Waals surface area contributed by atoms with Crippen molar-refractivity contribution in [1.29, 1.82) is 0 Å². The number of aldehydes is 1. The van der Waals surface area contributed by atoms with Crippen LogP contribution in [0.2, 0.25) is 0 Å². The molecule has 7 heteroatoms. The molecule has 7 nitrogen and oxygen atoms in total. The molecule has 0 spiro atoms. The zero-order chi connectivity index (χ0) is 20.3. The Bertz CT molecular complexity index is 847. The number of ether oxygens (including phenoxy) is 2. The third-order valence-corrected chi connectivity index (χ3v) is 5.07. The first-order valence-electron chi connectivity index (χ1n) is 9.83. The summed E-state index contributed by atoms with van der Waals surface area (Å²) in [5, 5.41) is 3.02. The Morgan fingerprint density at radius 3 is 2.61 bits per heavy atom. The van der Waals surface area contributed by atoms with Gasteiger partial charge in [-0.05, 0) is 45.6 Å². The number of rotatable bonds is 5. The molecular weight excluding hydrogens is 358 g/mol. The summed E-state index contributed by atoms with van der Waals surface area (Å²) in [6, 6.07) is 3.20. The van der Waals surface area contributed by atoms with Crippen LogP contribution in [0.3, 0.4) is 0 Å². The molecular formula is C21H29N3O4. The molecule has 2 aromatic rings. The maximum absolute atomic E-state index is 12.5. The van der Waals surface area contributed by atoms with Crippen molar-refractivity contribution in [2.24, 2.45) is 5.92 Å². The van der Waals surface area contributed by atoms with Crippen molar-refractivity contribution in [2.45, 2.75) is 64.5 Å². The Morgan fingerprint density at radius 1 is 1.29 bits per heavy atom. The van der Waals surface area contributed by atoms with Gasteiger partial charge in [-0.25, -0.2) is 9.78 Å². The van der Waals surface area contributed by atoms with Gasteiger partial charge in [-0.1, -0.05) is 19.3 Å². The number of hydrogen-bond donors (Lipinski definition) is 2. The lowest BCUT2D eigenvalue weighted by atomic mass is 9.83. The number of carbonyl (C=O) groups excluding carboxylic acids is 2. The van der Waals surface area contributed by atoms with Gasteiger partial charge in [0.2, 0.25) is 0 Å². The van der Waals surface area contributed by atoms with Crippen LogP contribution < -0.4 is 10.1 Å². The lowest BCUT2D eigenvalue weighted by Crippen LogP contribution is -2.38. The van der Waals surface area contributed by atoms with Crippen LogP contribution in [0.1, 0.15) is 75.1 Å². The van der Waals surface area contributed by atoms with Crippen LogP contribution in [0, 0.1) is 5.92 Å². The second-order valence-electron chi connectivity index (χ2n) is 8.37. The summed E-state index contributed by atoms with van der Waals surface area (Å²) in [5.74, 6) is 1.45. The number of carbonyl (C=O) groups is 2. The highest BCUT2D eigenvalue weighted by Gasteiger charge is 2.30. The molecule has 1 aliphatic carbocycles. The highest BCUT2D eigenvalue weighted by atomic mass is 16.6. The van der Waals surface area contributed by atoms with Gasteiger partial charge in [0.1, 0.15) is 17.2 Å². The molecule has 1 saturated carbocycles. The molecule has 152 valence electrons. The third kappa shape index (κ3) is 4.64. The summed E-state index contributed by atoms with van der Waals surface area (Å²) in [6.45, 7) is 5.53. The van der Waals surface area contributed by atoms with E-state index in [0.717, 1.165) is 37.5 Å². The number of benzene rings is 1. The van der Waals surface area contributed by atoms with E-state index in [1.54, 1.807) is 12.1 Å². The Hall–Kier alpha value is -2.57. The summed E-state index contributed by atoms with van der Waals surface area (Å²) in [4.78, 5) is 31.8. The molecule has 1 aromatic carbocycles. The van der Waals surface area contributed by atoms with E-state index in [0.29, 0.717) is 22.7 Å². The fourth-order valence-electron chi connectivity index (χ4n) is 3.80. The molecule has 3 rings (SSSR count). The minimum atomic E-state index is -0.568. The number of nitrogens with one attached hydrogen (secondary N) is 2. The fourth-order valence-corrected chi connectivity index (χ4v) is 3.80. The second-order valence-corrected chi connectivity index (χ2v) is 8.37. The molecule has 1 unspecified atom stereocenters. The minimum absolute atomic E-state index is 0.270. The van der Waals surface area contributed by atoms with Gasteiger partial charge < -0.3 is 19.8 Å². The zero-order valence-corrected chi connectivity index (χ0v) is 17.0. The summed E-state index contributed by atoms with van der Waals surface area (Å²) < 4.78 is 10.7. The maximum atomic E-state index is 12.5. The lowest BCUT2D eigenvalue weighted by molar-refractivity contribution is 0.0472. The van der Waals surface area contributed by atoms with Gasteiger partial charge >= 0.3 is 6.09 Å². The first kappa shape index (κ1) is 20.2. The zero-order valence-electron chi connectivity index (χ0n) is 17.0. The number of nitrogens with zero attached hydrogens (tertiary/aromatic N) is 1. The number of alkyl carbamates (subject to hydrolysis) is 1. The van der Waals surface area contributed by atoms with Crippen LogP contribution in [0.5, 0.6) is 5.75 Å². The number of fused-ring (bicyclic) bond motifs is 1. The summed E-state index contributed by atoms with van der Waals surface area (Å²) in [5.41, 5.74) is 1.33. The quantitative estimate of drug-likeness (QED) is 0.735. The van der Waals surface area contributed by atoms with E-state index in [2.05, 4.69) is 10.3 Å². The molecule has 1 fully saturated rings. The molecule has 0 radical (unpaired) electrons. The molecule has 2 N–H and O–H groups in total. The van der Waals surface area contributed by atoms with Crippen molar-refractivity contribution in [3.05, 3.63) is 23.5 Å². The van der Waals surface area contributed by atoms with Gasteiger partial charge in [-0.2, -0.15) is 0 Å². The van der Waals surface area contributed by atoms with Crippen molar-refractivity contribution in [1.82, 2.24) is 15.3 Å². The molecule has 1 atom stereocenters. The highest BCUT2D eigenvalue weighted by Crippen LogP contribution is 2.35. The van der Waals surface area contributed by atoms with Gasteiger partial charge in [-0.3, -0.25) is 4.79 Å². The van der Waals surface area contributed by atoms with Crippen LogP contribution in [-0.2, 0) is 4.74 Å². The van der Waals surface area contributed by atoms with E-state index in [1.807, 2.05) is 20.8 Å². The van der Waals surface area contributed by atoms with Crippen molar-refractivity contribution in [3.63, 3.8) is 0 Å². The number of aromatic nitrogens is 2. The van der Waals surface area contributed by atoms with Crippen molar-refractivity contribution >= 4 is 23.4 Å². The first-order chi connectivity index (χ1) is 13.3. The predicted molar refractivity (Wildman–Crippen MR) is 107 cm³/mol. The molecule has 0 aliphatic heterocycles. The number of hydrogen-bond acceptors (Lipinski definition) is 5. The van der Waals surface area contributed by atoms with Gasteiger partial charge in [-0.15, -0.1) is 0 Å². The number of imidazole rings is 1. The molecule has 1 heterocycles. The van der Waals surface area contributed by atoms with Crippen LogP contribution >= 0.6 is 0 Å². The van der Waals surface area contributed by atoms with Gasteiger partial charge in [0, 0.05) is 6.07 Å². The molecule has 1 amide bonds. The van der Waals surface area contributed by atoms with Gasteiger partial charge in [0.25, 0.3) is 0 Å². The molecule has 1 aromatic heterocycles. The summed E-state index contributed by atoms with van der Waals surface area (Å²) in [6.07, 6.45) is 5.86. The predicted octanol–water partition coefficient (Wildman–Crippen LogP) is 4.53. The van der Waals surface area contributed by atoms with E-state index in [-0.39, 0.29) is 12.0 Å². The van der Waals surface area contributed by atoms with Crippen molar-refractivity contribution in [3.8, 4) is 5.75 Å².